The summed E-state index contributed by atoms with van der Waals surface area (Å²) in [6.45, 7) is 0.510. The Morgan fingerprint density at radius 3 is 2.23 bits per heavy atom. The number of unbranched alkanes of at least 4 members (excludes halogenated alkanes) is 3. The summed E-state index contributed by atoms with van der Waals surface area (Å²) in [6.07, 6.45) is -0.782. The number of halogens is 3. The lowest BCUT2D eigenvalue weighted by Crippen LogP contribution is -2.24. The van der Waals surface area contributed by atoms with Crippen molar-refractivity contribution in [2.75, 3.05) is 18.5 Å². The third kappa shape index (κ3) is 6.79. The van der Waals surface area contributed by atoms with E-state index in [0.29, 0.717) is 24.2 Å². The Bertz CT molecular complexity index is 851. The van der Waals surface area contributed by atoms with Crippen molar-refractivity contribution in [2.24, 2.45) is 5.73 Å². The van der Waals surface area contributed by atoms with Crippen LogP contribution in [0.5, 0.6) is 0 Å². The Hall–Kier alpha value is -3.03. The van der Waals surface area contributed by atoms with Crippen molar-refractivity contribution >= 4 is 23.2 Å². The molecule has 5 nitrogen and oxygen atoms in total. The first kappa shape index (κ1) is 23.3. The van der Waals surface area contributed by atoms with E-state index in [4.69, 9.17) is 5.73 Å². The topological polar surface area (TPSA) is 75.4 Å². The van der Waals surface area contributed by atoms with Crippen LogP contribution in [0.4, 0.5) is 24.5 Å². The summed E-state index contributed by atoms with van der Waals surface area (Å²) in [6, 6.07) is 11.8. The molecule has 0 unspecified atom stereocenters. The Morgan fingerprint density at radius 2 is 1.60 bits per heavy atom. The molecular weight excluding hydrogens is 395 g/mol. The molecule has 2 aromatic rings. The maximum atomic E-state index is 13.2. The van der Waals surface area contributed by atoms with Gasteiger partial charge in [0.25, 0.3) is 5.91 Å². The van der Waals surface area contributed by atoms with Gasteiger partial charge in [-0.15, -0.1) is 0 Å². The molecule has 2 amide bonds. The van der Waals surface area contributed by atoms with E-state index in [0.717, 1.165) is 31.7 Å². The molecule has 0 heterocycles. The maximum absolute atomic E-state index is 13.2. The SMILES string of the molecule is CN(c1ccc(C(=O)NCCCCCCC(N)=O)cc1)c1ccccc1C(F)(F)F. The molecular formula is C22H26F3N3O2. The van der Waals surface area contributed by atoms with E-state index in [9.17, 15) is 22.8 Å². The lowest BCUT2D eigenvalue weighted by atomic mass is 10.1. The van der Waals surface area contributed by atoms with Gasteiger partial charge in [0.2, 0.25) is 5.91 Å². The Kier molecular flexibility index (Phi) is 8.26. The minimum Gasteiger partial charge on any atom is -0.370 e. The maximum Gasteiger partial charge on any atom is 0.418 e. The summed E-state index contributed by atoms with van der Waals surface area (Å²) in [5.74, 6) is -0.545. The highest BCUT2D eigenvalue weighted by Crippen LogP contribution is 2.38. The van der Waals surface area contributed by atoms with Gasteiger partial charge in [-0.05, 0) is 49.2 Å². The number of carbonyl (C=O) groups is 2. The number of nitrogens with one attached hydrogen (secondary N) is 1. The number of nitrogens with two attached hydrogens (primary N) is 1. The lowest BCUT2D eigenvalue weighted by molar-refractivity contribution is -0.137. The van der Waals surface area contributed by atoms with Crippen LogP contribution in [0, 0.1) is 0 Å². The van der Waals surface area contributed by atoms with E-state index in [2.05, 4.69) is 5.32 Å². The van der Waals surface area contributed by atoms with Crippen LogP contribution in [0.1, 0.15) is 48.0 Å². The van der Waals surface area contributed by atoms with Crippen molar-refractivity contribution in [3.8, 4) is 0 Å². The highest BCUT2D eigenvalue weighted by atomic mass is 19.4. The van der Waals surface area contributed by atoms with Crippen molar-refractivity contribution in [3.63, 3.8) is 0 Å². The number of nitrogens with zero attached hydrogens (tertiary/aromatic N) is 1. The van der Waals surface area contributed by atoms with Crippen LogP contribution in [0.25, 0.3) is 0 Å². The molecule has 2 aromatic carbocycles. The van der Waals surface area contributed by atoms with Crippen LogP contribution >= 0.6 is 0 Å². The highest BCUT2D eigenvalue weighted by molar-refractivity contribution is 5.94. The van der Waals surface area contributed by atoms with Gasteiger partial charge in [-0.3, -0.25) is 9.59 Å². The molecule has 0 aliphatic carbocycles. The molecule has 0 fully saturated rings. The van der Waals surface area contributed by atoms with E-state index in [1.165, 1.54) is 17.0 Å². The van der Waals surface area contributed by atoms with Crippen LogP contribution in [0.2, 0.25) is 0 Å². The first-order valence-electron chi connectivity index (χ1n) is 9.76. The standard InChI is InChI=1S/C22H26F3N3O2/c1-28(19-9-6-5-8-18(19)22(23,24)25)17-13-11-16(12-14-17)21(30)27-15-7-3-2-4-10-20(26)29/h5-6,8-9,11-14H,2-4,7,10,15H2,1H3,(H2,26,29)(H,27,30). The molecule has 0 bridgehead atoms. The van der Waals surface area contributed by atoms with Gasteiger partial charge >= 0.3 is 6.18 Å². The van der Waals surface area contributed by atoms with Crippen LogP contribution in [-0.4, -0.2) is 25.4 Å². The summed E-state index contributed by atoms with van der Waals surface area (Å²) < 4.78 is 39.7. The lowest BCUT2D eigenvalue weighted by Gasteiger charge is -2.23. The average Bonchev–Trinajstić information content (AvgIpc) is 2.71. The Morgan fingerprint density at radius 1 is 0.967 bits per heavy atom. The van der Waals surface area contributed by atoms with Gasteiger partial charge in [-0.25, -0.2) is 0 Å². The van der Waals surface area contributed by atoms with Crippen LogP contribution in [0.3, 0.4) is 0 Å². The van der Waals surface area contributed by atoms with Gasteiger partial charge < -0.3 is 16.0 Å². The quantitative estimate of drug-likeness (QED) is 0.549. The molecule has 0 radical (unpaired) electrons. The summed E-state index contributed by atoms with van der Waals surface area (Å²) in [7, 11) is 1.55. The van der Waals surface area contributed by atoms with Crippen molar-refractivity contribution < 1.29 is 22.8 Å². The summed E-state index contributed by atoms with van der Waals surface area (Å²) in [4.78, 5) is 24.3. The van der Waals surface area contributed by atoms with Crippen LogP contribution < -0.4 is 16.0 Å². The number of amides is 2. The zero-order chi connectivity index (χ0) is 22.1. The molecule has 3 N–H and O–H groups in total. The zero-order valence-corrected chi connectivity index (χ0v) is 16.8. The Labute approximate surface area is 174 Å². The fourth-order valence-corrected chi connectivity index (χ4v) is 3.06. The fraction of sp³-hybridized carbons (Fsp3) is 0.364. The normalized spacial score (nSPS) is 11.2. The molecule has 0 aliphatic rings. The second-order valence-electron chi connectivity index (χ2n) is 7.01. The highest BCUT2D eigenvalue weighted by Gasteiger charge is 2.34. The predicted octanol–water partition coefficient (Wildman–Crippen LogP) is 4.64. The zero-order valence-electron chi connectivity index (χ0n) is 16.8. The van der Waals surface area contributed by atoms with Crippen molar-refractivity contribution in [3.05, 3.63) is 59.7 Å². The van der Waals surface area contributed by atoms with Crippen molar-refractivity contribution in [1.29, 1.82) is 0 Å². The first-order valence-corrected chi connectivity index (χ1v) is 9.76. The first-order chi connectivity index (χ1) is 14.2. The fourth-order valence-electron chi connectivity index (χ4n) is 3.06. The number of carbonyl (C=O) groups excluding carboxylic acids is 2. The summed E-state index contributed by atoms with van der Waals surface area (Å²) in [5, 5.41) is 2.82. The van der Waals surface area contributed by atoms with E-state index < -0.39 is 11.7 Å². The molecule has 0 atom stereocenters. The van der Waals surface area contributed by atoms with E-state index in [1.807, 2.05) is 0 Å². The number of anilines is 2. The van der Waals surface area contributed by atoms with Gasteiger partial charge in [-0.2, -0.15) is 13.2 Å². The molecule has 30 heavy (non-hydrogen) atoms. The number of benzene rings is 2. The second-order valence-corrected chi connectivity index (χ2v) is 7.01. The third-order valence-corrected chi connectivity index (χ3v) is 4.72. The number of rotatable bonds is 10. The summed E-state index contributed by atoms with van der Waals surface area (Å²) in [5.41, 5.74) is 5.37. The third-order valence-electron chi connectivity index (χ3n) is 4.72. The number of hydrogen-bond donors (Lipinski definition) is 2. The van der Waals surface area contributed by atoms with Crippen LogP contribution in [-0.2, 0) is 11.0 Å². The average molecular weight is 421 g/mol. The number of alkyl halides is 3. The van der Waals surface area contributed by atoms with E-state index in [1.54, 1.807) is 37.4 Å². The molecule has 0 saturated heterocycles. The van der Waals surface area contributed by atoms with E-state index >= 15 is 0 Å². The van der Waals surface area contributed by atoms with Gasteiger partial charge in [0.05, 0.1) is 11.3 Å². The predicted molar refractivity (Wildman–Crippen MR) is 111 cm³/mol. The molecule has 8 heteroatoms. The van der Waals surface area contributed by atoms with Gasteiger partial charge in [0.1, 0.15) is 0 Å². The molecule has 0 spiro atoms. The van der Waals surface area contributed by atoms with Crippen LogP contribution in [0.15, 0.2) is 48.5 Å². The van der Waals surface area contributed by atoms with Crippen molar-refractivity contribution in [2.45, 2.75) is 38.3 Å². The van der Waals surface area contributed by atoms with Gasteiger partial charge in [0, 0.05) is 31.3 Å². The molecule has 0 aliphatic heterocycles. The molecule has 0 aromatic heterocycles. The minimum absolute atomic E-state index is 0.0403. The minimum atomic E-state index is -4.45. The number of hydrogen-bond acceptors (Lipinski definition) is 3. The Balaban J connectivity index is 1.90. The summed E-state index contributed by atoms with van der Waals surface area (Å²) >= 11 is 0. The van der Waals surface area contributed by atoms with Crippen molar-refractivity contribution in [1.82, 2.24) is 5.32 Å². The van der Waals surface area contributed by atoms with E-state index in [-0.39, 0.29) is 17.5 Å². The van der Waals surface area contributed by atoms with Gasteiger partial charge in [-0.1, -0.05) is 25.0 Å². The molecule has 2 rings (SSSR count). The number of para-hydroxylation sites is 1. The largest absolute Gasteiger partial charge is 0.418 e. The van der Waals surface area contributed by atoms with Gasteiger partial charge in [0.15, 0.2) is 0 Å². The smallest absolute Gasteiger partial charge is 0.370 e. The monoisotopic (exact) mass is 421 g/mol. The molecule has 162 valence electrons. The molecule has 0 saturated carbocycles. The second kappa shape index (κ2) is 10.7. The number of primary amides is 1.